The maximum absolute atomic E-state index is 12.8. The number of methoxy groups -OCH3 is 2. The summed E-state index contributed by atoms with van der Waals surface area (Å²) in [6, 6.07) is 16.9. The van der Waals surface area contributed by atoms with Gasteiger partial charge in [0.05, 0.1) is 33.1 Å². The molecule has 2 aliphatic heterocycles. The van der Waals surface area contributed by atoms with E-state index in [1.807, 2.05) is 54.6 Å². The van der Waals surface area contributed by atoms with Crippen LogP contribution in [0.3, 0.4) is 0 Å². The number of nitrogens with zero attached hydrogens (tertiary/aromatic N) is 2. The molecule has 1 fully saturated rings. The van der Waals surface area contributed by atoms with Crippen LogP contribution in [0.2, 0.25) is 0 Å². The zero-order valence-electron chi connectivity index (χ0n) is 22.1. The molecule has 0 saturated carbocycles. The zero-order chi connectivity index (χ0) is 27.4. The van der Waals surface area contributed by atoms with Crippen molar-refractivity contribution in [3.63, 3.8) is 0 Å². The van der Waals surface area contributed by atoms with Gasteiger partial charge in [-0.15, -0.1) is 0 Å². The fourth-order valence-electron chi connectivity index (χ4n) is 5.02. The standard InChI is InChI=1S/C30H32N2O7/c1-36-23-9-7-22(8-10-23)32-13-11-31(12-14-32)18-24-16-26(33)29(35)30(39-24)25(17-28(34)37-2)21-15-20-5-3-4-6-27(20)38-19-21/h3-10,15-16,25,35H,11-14,17-19H2,1-2H3. The Morgan fingerprint density at radius 1 is 1.05 bits per heavy atom. The summed E-state index contributed by atoms with van der Waals surface area (Å²) in [5, 5.41) is 10.8. The molecule has 0 amide bonds. The Labute approximate surface area is 226 Å². The quantitative estimate of drug-likeness (QED) is 0.434. The van der Waals surface area contributed by atoms with E-state index in [1.54, 1.807) is 7.11 Å². The van der Waals surface area contributed by atoms with Crippen LogP contribution in [0.15, 0.2) is 69.4 Å². The van der Waals surface area contributed by atoms with Crippen molar-refractivity contribution < 1.29 is 28.5 Å². The van der Waals surface area contributed by atoms with Gasteiger partial charge < -0.3 is 28.6 Å². The van der Waals surface area contributed by atoms with E-state index in [0.29, 0.717) is 17.9 Å². The predicted molar refractivity (Wildman–Crippen MR) is 146 cm³/mol. The molecule has 1 unspecified atom stereocenters. The molecule has 2 aliphatic rings. The number of esters is 1. The highest BCUT2D eigenvalue weighted by molar-refractivity contribution is 5.73. The van der Waals surface area contributed by atoms with Gasteiger partial charge in [0.25, 0.3) is 0 Å². The Kier molecular flexibility index (Phi) is 7.88. The molecule has 0 radical (unpaired) electrons. The maximum atomic E-state index is 12.8. The SMILES string of the molecule is COC(=O)CC(C1=Cc2ccccc2OC1)c1oc(CN2CCN(c3ccc(OC)cc3)CC2)cc(=O)c1O. The predicted octanol–water partition coefficient (Wildman–Crippen LogP) is 3.80. The van der Waals surface area contributed by atoms with Crippen LogP contribution < -0.4 is 19.8 Å². The lowest BCUT2D eigenvalue weighted by Crippen LogP contribution is -2.46. The number of ether oxygens (including phenoxy) is 3. The molecule has 5 rings (SSSR count). The molecule has 0 spiro atoms. The average Bonchev–Trinajstić information content (AvgIpc) is 2.98. The third kappa shape index (κ3) is 5.93. The highest BCUT2D eigenvalue weighted by Gasteiger charge is 2.30. The number of piperazine rings is 1. The minimum atomic E-state index is -0.717. The van der Waals surface area contributed by atoms with E-state index in [9.17, 15) is 14.7 Å². The van der Waals surface area contributed by atoms with Crippen LogP contribution in [0.1, 0.15) is 29.4 Å². The number of fused-ring (bicyclic) bond motifs is 1. The van der Waals surface area contributed by atoms with Crippen LogP contribution in [-0.2, 0) is 16.1 Å². The molecule has 1 atom stereocenters. The molecule has 9 heteroatoms. The van der Waals surface area contributed by atoms with Gasteiger partial charge in [-0.05, 0) is 42.0 Å². The van der Waals surface area contributed by atoms with Crippen molar-refractivity contribution in [1.29, 1.82) is 0 Å². The topological polar surface area (TPSA) is 102 Å². The Morgan fingerprint density at radius 2 is 1.79 bits per heavy atom. The molecule has 9 nitrogen and oxygen atoms in total. The average molecular weight is 533 g/mol. The molecule has 1 aromatic heterocycles. The smallest absolute Gasteiger partial charge is 0.306 e. The number of aromatic hydroxyl groups is 1. The van der Waals surface area contributed by atoms with Crippen molar-refractivity contribution in [1.82, 2.24) is 4.90 Å². The minimum Gasteiger partial charge on any atom is -0.502 e. The Hall–Kier alpha value is -4.24. The first-order valence-electron chi connectivity index (χ1n) is 12.9. The summed E-state index contributed by atoms with van der Waals surface area (Å²) in [5.74, 6) is 0.323. The van der Waals surface area contributed by atoms with Gasteiger partial charge in [-0.2, -0.15) is 0 Å². The van der Waals surface area contributed by atoms with Crippen LogP contribution in [-0.4, -0.2) is 63.0 Å². The Bertz CT molecular complexity index is 1410. The van der Waals surface area contributed by atoms with Crippen LogP contribution in [0.25, 0.3) is 6.08 Å². The Balaban J connectivity index is 1.36. The number of benzene rings is 2. The lowest BCUT2D eigenvalue weighted by molar-refractivity contribution is -0.141. The number of anilines is 1. The van der Waals surface area contributed by atoms with Crippen LogP contribution in [0.4, 0.5) is 5.69 Å². The van der Waals surface area contributed by atoms with E-state index < -0.39 is 23.1 Å². The highest BCUT2D eigenvalue weighted by atomic mass is 16.5. The molecule has 0 bridgehead atoms. The van der Waals surface area contributed by atoms with Crippen LogP contribution in [0.5, 0.6) is 17.2 Å². The number of carbonyl (C=O) groups is 1. The molecule has 1 N–H and O–H groups in total. The van der Waals surface area contributed by atoms with Gasteiger partial charge in [-0.1, -0.05) is 18.2 Å². The minimum absolute atomic E-state index is 0.0500. The monoisotopic (exact) mass is 532 g/mol. The highest BCUT2D eigenvalue weighted by Crippen LogP contribution is 2.38. The summed E-state index contributed by atoms with van der Waals surface area (Å²) in [5.41, 5.74) is 2.14. The number of carbonyl (C=O) groups excluding carboxylic acids is 1. The number of rotatable bonds is 8. The summed E-state index contributed by atoms with van der Waals surface area (Å²) >= 11 is 0. The molecule has 3 heterocycles. The van der Waals surface area contributed by atoms with Gasteiger partial charge in [-0.25, -0.2) is 0 Å². The maximum Gasteiger partial charge on any atom is 0.306 e. The first kappa shape index (κ1) is 26.4. The first-order valence-corrected chi connectivity index (χ1v) is 12.9. The van der Waals surface area contributed by atoms with Crippen molar-refractivity contribution in [2.45, 2.75) is 18.9 Å². The van der Waals surface area contributed by atoms with Gasteiger partial charge in [0.2, 0.25) is 11.2 Å². The van der Waals surface area contributed by atoms with Crippen LogP contribution in [0, 0.1) is 0 Å². The largest absolute Gasteiger partial charge is 0.502 e. The second-order valence-electron chi connectivity index (χ2n) is 9.63. The van der Waals surface area contributed by atoms with E-state index in [0.717, 1.165) is 48.9 Å². The van der Waals surface area contributed by atoms with E-state index in [1.165, 1.54) is 13.2 Å². The number of hydrogen-bond acceptors (Lipinski definition) is 9. The molecule has 204 valence electrons. The van der Waals surface area contributed by atoms with Gasteiger partial charge in [0, 0.05) is 43.5 Å². The van der Waals surface area contributed by atoms with Gasteiger partial charge >= 0.3 is 5.97 Å². The summed E-state index contributed by atoms with van der Waals surface area (Å²) in [7, 11) is 2.95. The summed E-state index contributed by atoms with van der Waals surface area (Å²) in [4.78, 5) is 29.7. The third-order valence-corrected chi connectivity index (χ3v) is 7.21. The molecular weight excluding hydrogens is 500 g/mol. The lowest BCUT2D eigenvalue weighted by atomic mass is 9.89. The van der Waals surface area contributed by atoms with Crippen molar-refractivity contribution >= 4 is 17.7 Å². The fraction of sp³-hybridized carbons (Fsp3) is 0.333. The first-order chi connectivity index (χ1) is 18.9. The molecule has 39 heavy (non-hydrogen) atoms. The second-order valence-corrected chi connectivity index (χ2v) is 9.63. The van der Waals surface area contributed by atoms with E-state index in [-0.39, 0.29) is 18.8 Å². The van der Waals surface area contributed by atoms with E-state index in [2.05, 4.69) is 9.80 Å². The molecule has 2 aromatic carbocycles. The molecule has 1 saturated heterocycles. The van der Waals surface area contributed by atoms with Crippen LogP contribution >= 0.6 is 0 Å². The molecular formula is C30H32N2O7. The van der Waals surface area contributed by atoms with Gasteiger partial charge in [0.1, 0.15) is 23.9 Å². The van der Waals surface area contributed by atoms with E-state index in [4.69, 9.17) is 18.6 Å². The van der Waals surface area contributed by atoms with Crippen molar-refractivity contribution in [2.24, 2.45) is 0 Å². The summed E-state index contributed by atoms with van der Waals surface area (Å²) < 4.78 is 22.2. The Morgan fingerprint density at radius 3 is 2.51 bits per heavy atom. The van der Waals surface area contributed by atoms with Crippen molar-refractivity contribution in [3.8, 4) is 17.2 Å². The summed E-state index contributed by atoms with van der Waals surface area (Å²) in [6.45, 7) is 3.77. The van der Waals surface area contributed by atoms with Gasteiger partial charge in [-0.3, -0.25) is 14.5 Å². The normalized spacial score (nSPS) is 16.1. The molecule has 3 aromatic rings. The van der Waals surface area contributed by atoms with Gasteiger partial charge in [0.15, 0.2) is 5.76 Å². The fourth-order valence-corrected chi connectivity index (χ4v) is 5.02. The second kappa shape index (κ2) is 11.7. The number of para-hydroxylation sites is 1. The third-order valence-electron chi connectivity index (χ3n) is 7.21. The summed E-state index contributed by atoms with van der Waals surface area (Å²) in [6.07, 6.45) is 1.81. The molecule has 0 aliphatic carbocycles. The van der Waals surface area contributed by atoms with E-state index >= 15 is 0 Å². The lowest BCUT2D eigenvalue weighted by Gasteiger charge is -2.36. The van der Waals surface area contributed by atoms with Crippen molar-refractivity contribution in [2.75, 3.05) is 51.9 Å². The zero-order valence-corrected chi connectivity index (χ0v) is 22.1. The number of hydrogen-bond donors (Lipinski definition) is 1. The van der Waals surface area contributed by atoms with Crippen molar-refractivity contribution in [3.05, 3.63) is 87.5 Å².